The maximum atomic E-state index is 6.37. The van der Waals surface area contributed by atoms with Gasteiger partial charge in [-0.25, -0.2) is 15.0 Å². The molecule has 6 nitrogen and oxygen atoms in total. The number of anilines is 3. The molecule has 8 heteroatoms. The largest absolute Gasteiger partial charge is 0.397 e. The number of rotatable bonds is 8. The van der Waals surface area contributed by atoms with E-state index in [1.807, 2.05) is 24.3 Å². The lowest BCUT2D eigenvalue weighted by Gasteiger charge is -2.11. The zero-order valence-electron chi connectivity index (χ0n) is 15.8. The van der Waals surface area contributed by atoms with Crippen molar-refractivity contribution >= 4 is 40.5 Å². The maximum Gasteiger partial charge on any atom is 0.163 e. The summed E-state index contributed by atoms with van der Waals surface area (Å²) in [5.41, 5.74) is 8.16. The average Bonchev–Trinajstić information content (AvgIpc) is 3.54. The van der Waals surface area contributed by atoms with Gasteiger partial charge in [0.15, 0.2) is 5.82 Å². The van der Waals surface area contributed by atoms with Crippen LogP contribution in [0.1, 0.15) is 30.9 Å². The Morgan fingerprint density at radius 1 is 0.966 bits per heavy atom. The minimum absolute atomic E-state index is 0.515. The number of aromatic nitrogens is 3. The fraction of sp³-hybridized carbons (Fsp3) is 0.286. The first kappa shape index (κ1) is 19.7. The molecule has 0 unspecified atom stereocenters. The van der Waals surface area contributed by atoms with E-state index < -0.39 is 0 Å². The minimum Gasteiger partial charge on any atom is -0.397 e. The third-order valence-electron chi connectivity index (χ3n) is 4.67. The molecule has 1 fully saturated rings. The van der Waals surface area contributed by atoms with Crippen LogP contribution in [0.15, 0.2) is 42.6 Å². The Bertz CT molecular complexity index is 989. The number of nitrogen functional groups attached to an aromatic ring is 1. The Labute approximate surface area is 179 Å². The van der Waals surface area contributed by atoms with Crippen molar-refractivity contribution in [2.45, 2.75) is 25.2 Å². The number of hydrogen-bond acceptors (Lipinski definition) is 6. The zero-order chi connectivity index (χ0) is 20.2. The molecule has 4 N–H and O–H groups in total. The van der Waals surface area contributed by atoms with Crippen LogP contribution in [-0.2, 0) is 0 Å². The smallest absolute Gasteiger partial charge is 0.163 e. The van der Waals surface area contributed by atoms with Crippen molar-refractivity contribution in [3.8, 4) is 11.4 Å². The maximum absolute atomic E-state index is 6.37. The van der Waals surface area contributed by atoms with Gasteiger partial charge in [-0.1, -0.05) is 23.2 Å². The number of benzene rings is 1. The van der Waals surface area contributed by atoms with E-state index in [0.29, 0.717) is 27.5 Å². The normalized spacial score (nSPS) is 13.3. The van der Waals surface area contributed by atoms with Crippen molar-refractivity contribution in [3.05, 3.63) is 58.3 Å². The second-order valence-corrected chi connectivity index (χ2v) is 7.93. The van der Waals surface area contributed by atoms with Crippen LogP contribution < -0.4 is 16.4 Å². The SMILES string of the molecule is Nc1ccc(NCCCNc2cc(C3CC3)nc(-c3ccc(Cl)cc3Cl)n2)nc1. The Hall–Kier alpha value is -2.57. The second-order valence-electron chi connectivity index (χ2n) is 7.08. The molecule has 1 aromatic carbocycles. The quantitative estimate of drug-likeness (QED) is 0.426. The summed E-state index contributed by atoms with van der Waals surface area (Å²) in [6, 6.07) is 11.1. The van der Waals surface area contributed by atoms with Crippen molar-refractivity contribution in [1.29, 1.82) is 0 Å². The monoisotopic (exact) mass is 428 g/mol. The number of halogens is 2. The third kappa shape index (κ3) is 5.28. The van der Waals surface area contributed by atoms with Crippen LogP contribution in [0.4, 0.5) is 17.3 Å². The lowest BCUT2D eigenvalue weighted by atomic mass is 10.2. The van der Waals surface area contributed by atoms with E-state index in [4.69, 9.17) is 33.9 Å². The average molecular weight is 429 g/mol. The van der Waals surface area contributed by atoms with Crippen LogP contribution >= 0.6 is 23.2 Å². The standard InChI is InChI=1S/C21H22Cl2N6/c22-14-4-6-16(17(23)10-14)21-28-18(13-2-3-13)11-20(29-21)26-9-1-8-25-19-7-5-15(24)12-27-19/h4-7,10-13H,1-3,8-9,24H2,(H,25,27)(H,26,28,29). The van der Waals surface area contributed by atoms with Crippen LogP contribution in [0.25, 0.3) is 11.4 Å². The summed E-state index contributed by atoms with van der Waals surface area (Å²) in [4.78, 5) is 13.6. The molecule has 1 aliphatic carbocycles. The predicted octanol–water partition coefficient (Wildman–Crippen LogP) is 5.22. The molecule has 0 spiro atoms. The molecule has 2 aromatic heterocycles. The highest BCUT2D eigenvalue weighted by atomic mass is 35.5. The molecule has 29 heavy (non-hydrogen) atoms. The summed E-state index contributed by atoms with van der Waals surface area (Å²) in [7, 11) is 0. The molecule has 0 aliphatic heterocycles. The summed E-state index contributed by atoms with van der Waals surface area (Å²) in [5, 5.41) is 7.83. The molecule has 0 atom stereocenters. The molecule has 2 heterocycles. The summed E-state index contributed by atoms with van der Waals surface area (Å²) in [6.07, 6.45) is 4.89. The number of pyridine rings is 1. The number of nitrogens with two attached hydrogens (primary N) is 1. The number of nitrogens with zero attached hydrogens (tertiary/aromatic N) is 3. The summed E-state index contributed by atoms with van der Waals surface area (Å²) >= 11 is 12.4. The third-order valence-corrected chi connectivity index (χ3v) is 5.21. The molecular formula is C21H22Cl2N6. The van der Waals surface area contributed by atoms with E-state index in [9.17, 15) is 0 Å². The van der Waals surface area contributed by atoms with E-state index in [2.05, 4.69) is 20.6 Å². The first-order valence-electron chi connectivity index (χ1n) is 9.62. The first-order chi connectivity index (χ1) is 14.1. The van der Waals surface area contributed by atoms with Crippen LogP contribution in [0, 0.1) is 0 Å². The number of hydrogen-bond donors (Lipinski definition) is 3. The molecule has 0 saturated heterocycles. The minimum atomic E-state index is 0.515. The summed E-state index contributed by atoms with van der Waals surface area (Å²) < 4.78 is 0. The Balaban J connectivity index is 1.40. The van der Waals surface area contributed by atoms with Gasteiger partial charge in [0.05, 0.1) is 16.9 Å². The van der Waals surface area contributed by atoms with Crippen molar-refractivity contribution in [2.24, 2.45) is 0 Å². The highest BCUT2D eigenvalue weighted by Gasteiger charge is 2.26. The highest BCUT2D eigenvalue weighted by molar-refractivity contribution is 6.36. The van der Waals surface area contributed by atoms with Gasteiger partial charge >= 0.3 is 0 Å². The molecule has 0 amide bonds. The van der Waals surface area contributed by atoms with Gasteiger partial charge in [-0.3, -0.25) is 0 Å². The fourth-order valence-electron chi connectivity index (χ4n) is 2.97. The van der Waals surface area contributed by atoms with Gasteiger partial charge < -0.3 is 16.4 Å². The summed E-state index contributed by atoms with van der Waals surface area (Å²) in [6.45, 7) is 1.57. The highest BCUT2D eigenvalue weighted by Crippen LogP contribution is 2.40. The molecule has 0 radical (unpaired) electrons. The molecular weight excluding hydrogens is 407 g/mol. The van der Waals surface area contributed by atoms with E-state index in [1.165, 1.54) is 12.8 Å². The lowest BCUT2D eigenvalue weighted by molar-refractivity contribution is 0.893. The zero-order valence-corrected chi connectivity index (χ0v) is 17.3. The van der Waals surface area contributed by atoms with Crippen molar-refractivity contribution in [2.75, 3.05) is 29.5 Å². The summed E-state index contributed by atoms with van der Waals surface area (Å²) in [5.74, 6) is 2.77. The van der Waals surface area contributed by atoms with Gasteiger partial charge in [0.25, 0.3) is 0 Å². The molecule has 3 aromatic rings. The van der Waals surface area contributed by atoms with Crippen LogP contribution in [0.2, 0.25) is 10.0 Å². The molecule has 150 valence electrons. The van der Waals surface area contributed by atoms with Gasteiger partial charge in [-0.15, -0.1) is 0 Å². The van der Waals surface area contributed by atoms with Crippen molar-refractivity contribution < 1.29 is 0 Å². The molecule has 4 rings (SSSR count). The van der Waals surface area contributed by atoms with E-state index in [0.717, 1.165) is 42.4 Å². The van der Waals surface area contributed by atoms with Crippen LogP contribution in [0.5, 0.6) is 0 Å². The fourth-order valence-corrected chi connectivity index (χ4v) is 3.46. The van der Waals surface area contributed by atoms with Crippen LogP contribution in [0.3, 0.4) is 0 Å². The van der Waals surface area contributed by atoms with Gasteiger partial charge in [0.2, 0.25) is 0 Å². The first-order valence-corrected chi connectivity index (χ1v) is 10.4. The van der Waals surface area contributed by atoms with Crippen molar-refractivity contribution in [3.63, 3.8) is 0 Å². The Kier molecular flexibility index (Phi) is 6.02. The lowest BCUT2D eigenvalue weighted by Crippen LogP contribution is -2.11. The van der Waals surface area contributed by atoms with Gasteiger partial charge in [0, 0.05) is 41.4 Å². The van der Waals surface area contributed by atoms with Gasteiger partial charge in [-0.2, -0.15) is 0 Å². The molecule has 0 bridgehead atoms. The van der Waals surface area contributed by atoms with Crippen molar-refractivity contribution in [1.82, 2.24) is 15.0 Å². The van der Waals surface area contributed by atoms with Gasteiger partial charge in [-0.05, 0) is 49.6 Å². The van der Waals surface area contributed by atoms with E-state index in [-0.39, 0.29) is 0 Å². The van der Waals surface area contributed by atoms with Gasteiger partial charge in [0.1, 0.15) is 11.6 Å². The van der Waals surface area contributed by atoms with Crippen LogP contribution in [-0.4, -0.2) is 28.0 Å². The van der Waals surface area contributed by atoms with E-state index in [1.54, 1.807) is 18.3 Å². The topological polar surface area (TPSA) is 88.8 Å². The molecule has 1 saturated carbocycles. The predicted molar refractivity (Wildman–Crippen MR) is 120 cm³/mol. The Morgan fingerprint density at radius 3 is 2.45 bits per heavy atom. The molecule has 1 aliphatic rings. The van der Waals surface area contributed by atoms with E-state index >= 15 is 0 Å². The number of nitrogens with one attached hydrogen (secondary N) is 2. The second kappa shape index (κ2) is 8.84. The Morgan fingerprint density at radius 2 is 1.76 bits per heavy atom.